The highest BCUT2D eigenvalue weighted by Crippen LogP contribution is 2.21. The van der Waals surface area contributed by atoms with Crippen LogP contribution in [-0.2, 0) is 16.0 Å². The Morgan fingerprint density at radius 1 is 1.12 bits per heavy atom. The molecule has 2 aromatic carbocycles. The number of β-lactam (4-membered cyclic amide) rings is 1. The zero-order chi connectivity index (χ0) is 17.2. The highest BCUT2D eigenvalue weighted by atomic mass is 16.2. The standard InChI is InChI=1S/C20H17N3O2/c24-19(11-14-10-15-6-4-5-9-17(15)21-12-14)22-18-13-23(20(18)25)16-7-2-1-3-8-16/h1-10,12,18H,11,13H2,(H,22,24). The SMILES string of the molecule is O=C(Cc1cnc2ccccc2c1)NC1CN(c2ccccc2)C1=O. The minimum atomic E-state index is -0.443. The van der Waals surface area contributed by atoms with Crippen LogP contribution >= 0.6 is 0 Å². The number of hydrogen-bond acceptors (Lipinski definition) is 3. The van der Waals surface area contributed by atoms with Gasteiger partial charge in [0, 0.05) is 17.3 Å². The molecule has 1 aliphatic heterocycles. The Bertz CT molecular complexity index is 940. The summed E-state index contributed by atoms with van der Waals surface area (Å²) < 4.78 is 0. The van der Waals surface area contributed by atoms with Crippen molar-refractivity contribution >= 4 is 28.4 Å². The summed E-state index contributed by atoms with van der Waals surface area (Å²) >= 11 is 0. The molecule has 5 nitrogen and oxygen atoms in total. The molecular formula is C20H17N3O2. The van der Waals surface area contributed by atoms with Crippen molar-refractivity contribution in [3.8, 4) is 0 Å². The number of fused-ring (bicyclic) bond motifs is 1. The maximum Gasteiger partial charge on any atom is 0.251 e. The Morgan fingerprint density at radius 2 is 1.88 bits per heavy atom. The van der Waals surface area contributed by atoms with Gasteiger partial charge in [0.2, 0.25) is 5.91 Å². The Kier molecular flexibility index (Phi) is 3.90. The largest absolute Gasteiger partial charge is 0.342 e. The van der Waals surface area contributed by atoms with Crippen LogP contribution in [0.3, 0.4) is 0 Å². The van der Waals surface area contributed by atoms with Crippen molar-refractivity contribution < 1.29 is 9.59 Å². The van der Waals surface area contributed by atoms with E-state index in [2.05, 4.69) is 10.3 Å². The summed E-state index contributed by atoms with van der Waals surface area (Å²) in [5.41, 5.74) is 2.60. The number of hydrogen-bond donors (Lipinski definition) is 1. The summed E-state index contributed by atoms with van der Waals surface area (Å²) in [4.78, 5) is 30.5. The van der Waals surface area contributed by atoms with Gasteiger partial charge in [-0.25, -0.2) is 0 Å². The lowest BCUT2D eigenvalue weighted by molar-refractivity contribution is -0.130. The Labute approximate surface area is 145 Å². The summed E-state index contributed by atoms with van der Waals surface area (Å²) in [6.07, 6.45) is 1.92. The molecule has 1 saturated heterocycles. The van der Waals surface area contributed by atoms with Crippen LogP contribution in [0.5, 0.6) is 0 Å². The molecule has 1 unspecified atom stereocenters. The number of carbonyl (C=O) groups excluding carboxylic acids is 2. The number of rotatable bonds is 4. The zero-order valence-electron chi connectivity index (χ0n) is 13.6. The van der Waals surface area contributed by atoms with E-state index >= 15 is 0 Å². The quantitative estimate of drug-likeness (QED) is 0.746. The third kappa shape index (κ3) is 3.08. The number of para-hydroxylation sites is 2. The first-order chi connectivity index (χ1) is 12.2. The van der Waals surface area contributed by atoms with Crippen molar-refractivity contribution in [2.75, 3.05) is 11.4 Å². The maximum absolute atomic E-state index is 12.2. The van der Waals surface area contributed by atoms with E-state index in [1.54, 1.807) is 11.1 Å². The number of amides is 2. The van der Waals surface area contributed by atoms with Crippen molar-refractivity contribution in [2.24, 2.45) is 0 Å². The molecule has 3 aromatic rings. The van der Waals surface area contributed by atoms with Crippen LogP contribution in [0.25, 0.3) is 10.9 Å². The fourth-order valence-electron chi connectivity index (χ4n) is 3.02. The monoisotopic (exact) mass is 331 g/mol. The molecule has 25 heavy (non-hydrogen) atoms. The van der Waals surface area contributed by atoms with Gasteiger partial charge in [0.05, 0.1) is 18.5 Å². The number of nitrogens with zero attached hydrogens (tertiary/aromatic N) is 2. The fraction of sp³-hybridized carbons (Fsp3) is 0.150. The van der Waals surface area contributed by atoms with Gasteiger partial charge in [-0.15, -0.1) is 0 Å². The summed E-state index contributed by atoms with van der Waals surface area (Å²) in [5.74, 6) is -0.237. The fourth-order valence-corrected chi connectivity index (χ4v) is 3.02. The minimum absolute atomic E-state index is 0.0730. The van der Waals surface area contributed by atoms with Crippen LogP contribution in [-0.4, -0.2) is 29.4 Å². The maximum atomic E-state index is 12.2. The van der Waals surface area contributed by atoms with Crippen molar-refractivity contribution in [2.45, 2.75) is 12.5 Å². The molecule has 5 heteroatoms. The van der Waals surface area contributed by atoms with Gasteiger partial charge in [0.15, 0.2) is 0 Å². The molecule has 2 heterocycles. The predicted octanol–water partition coefficient (Wildman–Crippen LogP) is 2.31. The molecule has 124 valence electrons. The van der Waals surface area contributed by atoms with Crippen LogP contribution in [0.2, 0.25) is 0 Å². The Morgan fingerprint density at radius 3 is 2.68 bits per heavy atom. The lowest BCUT2D eigenvalue weighted by Crippen LogP contribution is -2.64. The number of anilines is 1. The molecule has 0 spiro atoms. The number of aromatic nitrogens is 1. The lowest BCUT2D eigenvalue weighted by Gasteiger charge is -2.38. The average Bonchev–Trinajstić information content (AvgIpc) is 2.65. The third-order valence-electron chi connectivity index (χ3n) is 4.34. The first-order valence-corrected chi connectivity index (χ1v) is 8.20. The first-order valence-electron chi connectivity index (χ1n) is 8.20. The van der Waals surface area contributed by atoms with E-state index in [1.165, 1.54) is 0 Å². The topological polar surface area (TPSA) is 62.3 Å². The van der Waals surface area contributed by atoms with Crippen LogP contribution in [0.1, 0.15) is 5.56 Å². The Hall–Kier alpha value is -3.21. The van der Waals surface area contributed by atoms with Gasteiger partial charge in [-0.3, -0.25) is 14.6 Å². The molecule has 0 aliphatic carbocycles. The molecule has 1 atom stereocenters. The van der Waals surface area contributed by atoms with E-state index < -0.39 is 6.04 Å². The van der Waals surface area contributed by atoms with E-state index in [9.17, 15) is 9.59 Å². The molecule has 0 radical (unpaired) electrons. The van der Waals surface area contributed by atoms with Crippen LogP contribution < -0.4 is 10.2 Å². The lowest BCUT2D eigenvalue weighted by atomic mass is 10.1. The molecule has 1 aromatic heterocycles. The smallest absolute Gasteiger partial charge is 0.251 e. The molecule has 0 saturated carbocycles. The van der Waals surface area contributed by atoms with E-state index in [0.717, 1.165) is 22.2 Å². The second kappa shape index (κ2) is 6.36. The number of nitrogens with one attached hydrogen (secondary N) is 1. The minimum Gasteiger partial charge on any atom is -0.342 e. The molecule has 4 rings (SSSR count). The van der Waals surface area contributed by atoms with Crippen LogP contribution in [0, 0.1) is 0 Å². The van der Waals surface area contributed by atoms with Crippen molar-refractivity contribution in [1.82, 2.24) is 10.3 Å². The molecule has 1 N–H and O–H groups in total. The molecule has 1 aliphatic rings. The van der Waals surface area contributed by atoms with Gasteiger partial charge in [-0.1, -0.05) is 36.4 Å². The van der Waals surface area contributed by atoms with Gasteiger partial charge in [0.1, 0.15) is 6.04 Å². The third-order valence-corrected chi connectivity index (χ3v) is 4.34. The molecule has 2 amide bonds. The summed E-state index contributed by atoms with van der Waals surface area (Å²) in [6.45, 7) is 0.505. The first kappa shape index (κ1) is 15.3. The molecule has 1 fully saturated rings. The van der Waals surface area contributed by atoms with Crippen LogP contribution in [0.15, 0.2) is 66.9 Å². The highest BCUT2D eigenvalue weighted by molar-refractivity contribution is 6.05. The van der Waals surface area contributed by atoms with E-state index in [-0.39, 0.29) is 18.2 Å². The van der Waals surface area contributed by atoms with E-state index in [0.29, 0.717) is 6.54 Å². The number of pyridine rings is 1. The average molecular weight is 331 g/mol. The van der Waals surface area contributed by atoms with Crippen molar-refractivity contribution in [1.29, 1.82) is 0 Å². The summed E-state index contributed by atoms with van der Waals surface area (Å²) in [6, 6.07) is 18.8. The van der Waals surface area contributed by atoms with Gasteiger partial charge in [0.25, 0.3) is 5.91 Å². The highest BCUT2D eigenvalue weighted by Gasteiger charge is 2.38. The molecular weight excluding hydrogens is 314 g/mol. The zero-order valence-corrected chi connectivity index (χ0v) is 13.6. The van der Waals surface area contributed by atoms with E-state index in [1.807, 2.05) is 60.7 Å². The van der Waals surface area contributed by atoms with Gasteiger partial charge in [-0.05, 0) is 29.8 Å². The summed E-state index contributed by atoms with van der Waals surface area (Å²) in [7, 11) is 0. The van der Waals surface area contributed by atoms with Crippen molar-refractivity contribution in [3.63, 3.8) is 0 Å². The Balaban J connectivity index is 1.37. The molecule has 0 bridgehead atoms. The second-order valence-corrected chi connectivity index (χ2v) is 6.12. The van der Waals surface area contributed by atoms with Gasteiger partial charge >= 0.3 is 0 Å². The second-order valence-electron chi connectivity index (χ2n) is 6.12. The summed E-state index contributed by atoms with van der Waals surface area (Å²) in [5, 5.41) is 3.81. The predicted molar refractivity (Wildman–Crippen MR) is 96.2 cm³/mol. The normalized spacial score (nSPS) is 16.6. The number of carbonyl (C=O) groups is 2. The van der Waals surface area contributed by atoms with Gasteiger partial charge in [-0.2, -0.15) is 0 Å². The van der Waals surface area contributed by atoms with Crippen LogP contribution in [0.4, 0.5) is 5.69 Å². The van der Waals surface area contributed by atoms with E-state index in [4.69, 9.17) is 0 Å². The van der Waals surface area contributed by atoms with Gasteiger partial charge < -0.3 is 10.2 Å². The number of benzene rings is 2. The van der Waals surface area contributed by atoms with Crippen molar-refractivity contribution in [3.05, 3.63) is 72.4 Å².